The van der Waals surface area contributed by atoms with Crippen LogP contribution in [0, 0.1) is 35.0 Å². The predicted octanol–water partition coefficient (Wildman–Crippen LogP) is 5.01. The lowest BCUT2D eigenvalue weighted by atomic mass is 9.48. The predicted molar refractivity (Wildman–Crippen MR) is 89.2 cm³/mol. The molecule has 0 aromatic heterocycles. The van der Waals surface area contributed by atoms with Gasteiger partial charge in [-0.25, -0.2) is 0 Å². The van der Waals surface area contributed by atoms with Crippen LogP contribution in [0.25, 0.3) is 0 Å². The normalized spacial score (nSPS) is 53.9. The maximum atomic E-state index is 4.15. The molecule has 1 heteroatoms. The highest BCUT2D eigenvalue weighted by Crippen LogP contribution is 2.61. The Balaban J connectivity index is 1.44. The molecule has 0 spiro atoms. The van der Waals surface area contributed by atoms with Crippen molar-refractivity contribution in [2.45, 2.75) is 90.6 Å². The Kier molecular flexibility index (Phi) is 3.64. The van der Waals surface area contributed by atoms with Gasteiger partial charge in [-0.05, 0) is 99.7 Å². The summed E-state index contributed by atoms with van der Waals surface area (Å²) >= 11 is 0. The van der Waals surface area contributed by atoms with Gasteiger partial charge in [-0.15, -0.1) is 0 Å². The van der Waals surface area contributed by atoms with E-state index in [2.05, 4.69) is 26.1 Å². The van der Waals surface area contributed by atoms with E-state index in [-0.39, 0.29) is 0 Å². The average Bonchev–Trinajstić information content (AvgIpc) is 2.40. The number of hydrogen-bond acceptors (Lipinski definition) is 1. The van der Waals surface area contributed by atoms with Gasteiger partial charge in [-0.1, -0.05) is 13.8 Å². The van der Waals surface area contributed by atoms with Crippen molar-refractivity contribution < 1.29 is 0 Å². The Hall–Kier alpha value is -0.0400. The van der Waals surface area contributed by atoms with Crippen LogP contribution in [0.15, 0.2) is 0 Å². The van der Waals surface area contributed by atoms with Gasteiger partial charge in [0.15, 0.2) is 0 Å². The molecule has 0 heterocycles. The van der Waals surface area contributed by atoms with Gasteiger partial charge in [-0.2, -0.15) is 0 Å². The topological polar surface area (TPSA) is 12.0 Å². The van der Waals surface area contributed by atoms with Gasteiger partial charge in [-0.3, -0.25) is 0 Å². The summed E-state index contributed by atoms with van der Waals surface area (Å²) in [6, 6.07) is 1.55. The molecule has 0 radical (unpaired) electrons. The summed E-state index contributed by atoms with van der Waals surface area (Å²) in [5, 5.41) is 4.15. The van der Waals surface area contributed by atoms with Crippen LogP contribution >= 0.6 is 0 Å². The molecular weight excluding hydrogens is 254 g/mol. The summed E-state index contributed by atoms with van der Waals surface area (Å²) in [5.41, 5.74) is 0.678. The van der Waals surface area contributed by atoms with Gasteiger partial charge < -0.3 is 5.32 Å². The molecule has 4 unspecified atom stereocenters. The highest BCUT2D eigenvalue weighted by Gasteiger charge is 2.53. The fourth-order valence-corrected chi connectivity index (χ4v) is 7.12. The molecule has 0 aromatic carbocycles. The van der Waals surface area contributed by atoms with Crippen LogP contribution in [-0.4, -0.2) is 12.1 Å². The van der Waals surface area contributed by atoms with Crippen molar-refractivity contribution in [2.75, 3.05) is 0 Å². The molecule has 21 heavy (non-hydrogen) atoms. The Morgan fingerprint density at radius 3 is 1.95 bits per heavy atom. The molecule has 1 nitrogen and oxygen atoms in total. The van der Waals surface area contributed by atoms with E-state index in [1.807, 2.05) is 0 Å². The van der Waals surface area contributed by atoms with Crippen molar-refractivity contribution in [2.24, 2.45) is 35.0 Å². The van der Waals surface area contributed by atoms with Crippen LogP contribution in [0.3, 0.4) is 0 Å². The maximum absolute atomic E-state index is 4.15. The van der Waals surface area contributed by atoms with E-state index in [4.69, 9.17) is 0 Å². The lowest BCUT2D eigenvalue weighted by molar-refractivity contribution is -0.0740. The molecule has 0 amide bonds. The molecule has 5 aliphatic carbocycles. The fourth-order valence-electron chi connectivity index (χ4n) is 7.12. The van der Waals surface area contributed by atoms with Crippen LogP contribution in [-0.2, 0) is 0 Å². The average molecular weight is 290 g/mol. The lowest BCUT2D eigenvalue weighted by Gasteiger charge is -2.59. The van der Waals surface area contributed by atoms with Crippen LogP contribution in [0.2, 0.25) is 0 Å². The third-order valence-electron chi connectivity index (χ3n) is 7.90. The van der Waals surface area contributed by atoms with E-state index in [1.54, 1.807) is 38.5 Å². The molecule has 4 atom stereocenters. The monoisotopic (exact) mass is 289 g/mol. The quantitative estimate of drug-likeness (QED) is 0.770. The molecule has 5 aliphatic rings. The minimum absolute atomic E-state index is 0.678. The van der Waals surface area contributed by atoms with E-state index < -0.39 is 0 Å². The first-order valence-corrected chi connectivity index (χ1v) is 9.80. The molecule has 5 rings (SSSR count). The van der Waals surface area contributed by atoms with Crippen LogP contribution in [0.4, 0.5) is 0 Å². The molecule has 0 aromatic rings. The largest absolute Gasteiger partial charge is 0.311 e. The summed E-state index contributed by atoms with van der Waals surface area (Å²) in [4.78, 5) is 0. The highest BCUT2D eigenvalue weighted by molar-refractivity contribution is 5.05. The zero-order valence-corrected chi connectivity index (χ0v) is 14.4. The SMILES string of the molecule is CC1CCC(NC(C)C23CC4CC(CC(C4)C2)C3)C(C)C1. The van der Waals surface area contributed by atoms with Gasteiger partial charge in [0.05, 0.1) is 0 Å². The highest BCUT2D eigenvalue weighted by atomic mass is 15.0. The van der Waals surface area contributed by atoms with E-state index in [9.17, 15) is 0 Å². The van der Waals surface area contributed by atoms with Crippen molar-refractivity contribution >= 4 is 0 Å². The molecule has 4 bridgehead atoms. The van der Waals surface area contributed by atoms with E-state index in [1.165, 1.54) is 19.3 Å². The Bertz CT molecular complexity index is 352. The second-order valence-corrected chi connectivity index (χ2v) is 9.67. The lowest BCUT2D eigenvalue weighted by Crippen LogP contribution is -2.57. The van der Waals surface area contributed by atoms with Crippen LogP contribution < -0.4 is 5.32 Å². The van der Waals surface area contributed by atoms with Crippen molar-refractivity contribution in [3.8, 4) is 0 Å². The molecule has 5 fully saturated rings. The van der Waals surface area contributed by atoms with Crippen LogP contribution in [0.1, 0.15) is 78.6 Å². The van der Waals surface area contributed by atoms with Crippen molar-refractivity contribution in [3.63, 3.8) is 0 Å². The Labute approximate surface area is 131 Å². The Morgan fingerprint density at radius 2 is 1.43 bits per heavy atom. The summed E-state index contributed by atoms with van der Waals surface area (Å²) < 4.78 is 0. The minimum atomic E-state index is 0.678. The first kappa shape index (κ1) is 14.5. The summed E-state index contributed by atoms with van der Waals surface area (Å²) in [6.07, 6.45) is 13.6. The molecule has 0 saturated heterocycles. The van der Waals surface area contributed by atoms with Crippen LogP contribution in [0.5, 0.6) is 0 Å². The molecule has 0 aliphatic heterocycles. The summed E-state index contributed by atoms with van der Waals surface area (Å²) in [6.45, 7) is 7.47. The number of nitrogens with one attached hydrogen (secondary N) is 1. The van der Waals surface area contributed by atoms with Crippen molar-refractivity contribution in [1.29, 1.82) is 0 Å². The first-order valence-electron chi connectivity index (χ1n) is 9.80. The second-order valence-electron chi connectivity index (χ2n) is 9.67. The third kappa shape index (κ3) is 2.58. The smallest absolute Gasteiger partial charge is 0.00981 e. The van der Waals surface area contributed by atoms with Crippen molar-refractivity contribution in [1.82, 2.24) is 5.32 Å². The summed E-state index contributed by atoms with van der Waals surface area (Å²) in [7, 11) is 0. The van der Waals surface area contributed by atoms with E-state index in [0.29, 0.717) is 5.41 Å². The number of hydrogen-bond donors (Lipinski definition) is 1. The third-order valence-corrected chi connectivity index (χ3v) is 7.90. The standard InChI is InChI=1S/C20H35N/c1-13-4-5-19(14(2)6-13)21-15(3)20-10-16-7-17(11-20)9-18(8-16)12-20/h13-19,21H,4-12H2,1-3H3. The molecule has 120 valence electrons. The van der Waals surface area contributed by atoms with Gasteiger partial charge in [0, 0.05) is 12.1 Å². The molecule has 5 saturated carbocycles. The van der Waals surface area contributed by atoms with Gasteiger partial charge in [0.1, 0.15) is 0 Å². The van der Waals surface area contributed by atoms with Crippen molar-refractivity contribution in [3.05, 3.63) is 0 Å². The summed E-state index contributed by atoms with van der Waals surface area (Å²) in [5.74, 6) is 5.09. The zero-order chi connectivity index (χ0) is 14.6. The minimum Gasteiger partial charge on any atom is -0.311 e. The van der Waals surface area contributed by atoms with E-state index in [0.717, 1.165) is 41.7 Å². The fraction of sp³-hybridized carbons (Fsp3) is 1.00. The van der Waals surface area contributed by atoms with E-state index >= 15 is 0 Å². The maximum Gasteiger partial charge on any atom is 0.00981 e. The van der Waals surface area contributed by atoms with Gasteiger partial charge in [0.2, 0.25) is 0 Å². The molecule has 1 N–H and O–H groups in total. The second kappa shape index (κ2) is 5.25. The van der Waals surface area contributed by atoms with Gasteiger partial charge >= 0.3 is 0 Å². The zero-order valence-electron chi connectivity index (χ0n) is 14.4. The number of rotatable bonds is 3. The Morgan fingerprint density at radius 1 is 0.857 bits per heavy atom. The van der Waals surface area contributed by atoms with Gasteiger partial charge in [0.25, 0.3) is 0 Å². The first-order chi connectivity index (χ1) is 10.0. The molecular formula is C20H35N.